The topological polar surface area (TPSA) is 75.4 Å². The van der Waals surface area contributed by atoms with Crippen LogP contribution in [0.15, 0.2) is 24.3 Å². The van der Waals surface area contributed by atoms with Gasteiger partial charge in [0.2, 0.25) is 5.91 Å². The number of benzene rings is 1. The van der Waals surface area contributed by atoms with Crippen LogP contribution in [-0.4, -0.2) is 17.1 Å². The first-order valence-electron chi connectivity index (χ1n) is 6.98. The van der Waals surface area contributed by atoms with Crippen LogP contribution in [0.1, 0.15) is 37.7 Å². The van der Waals surface area contributed by atoms with Crippen molar-refractivity contribution in [2.75, 3.05) is 0 Å². The van der Waals surface area contributed by atoms with E-state index in [-0.39, 0.29) is 23.6 Å². The maximum absolute atomic E-state index is 12.2. The number of amides is 1. The highest BCUT2D eigenvalue weighted by Crippen LogP contribution is 2.22. The SMILES string of the molecule is NC1CCCCCC1C(=O)NCc1ccc(O)cc1. The summed E-state index contributed by atoms with van der Waals surface area (Å²) in [7, 11) is 0. The van der Waals surface area contributed by atoms with Gasteiger partial charge in [0.25, 0.3) is 0 Å². The molecule has 0 aliphatic heterocycles. The highest BCUT2D eigenvalue weighted by molar-refractivity contribution is 5.79. The maximum atomic E-state index is 12.2. The lowest BCUT2D eigenvalue weighted by Crippen LogP contribution is -2.41. The summed E-state index contributed by atoms with van der Waals surface area (Å²) >= 11 is 0. The average molecular weight is 262 g/mol. The molecule has 0 bridgehead atoms. The summed E-state index contributed by atoms with van der Waals surface area (Å²) in [6.07, 6.45) is 5.23. The molecule has 2 atom stereocenters. The molecule has 0 spiro atoms. The first-order chi connectivity index (χ1) is 9.16. The Morgan fingerprint density at radius 2 is 1.89 bits per heavy atom. The van der Waals surface area contributed by atoms with Crippen LogP contribution in [0.25, 0.3) is 0 Å². The third-order valence-electron chi connectivity index (χ3n) is 3.81. The highest BCUT2D eigenvalue weighted by Gasteiger charge is 2.26. The molecule has 1 aliphatic carbocycles. The van der Waals surface area contributed by atoms with Crippen LogP contribution in [0.3, 0.4) is 0 Å². The number of phenols is 1. The van der Waals surface area contributed by atoms with Crippen molar-refractivity contribution in [3.8, 4) is 5.75 Å². The zero-order chi connectivity index (χ0) is 13.7. The molecule has 1 fully saturated rings. The minimum Gasteiger partial charge on any atom is -0.508 e. The van der Waals surface area contributed by atoms with Gasteiger partial charge in [-0.15, -0.1) is 0 Å². The van der Waals surface area contributed by atoms with Crippen molar-refractivity contribution >= 4 is 5.91 Å². The van der Waals surface area contributed by atoms with E-state index in [9.17, 15) is 9.90 Å². The lowest BCUT2D eigenvalue weighted by Gasteiger charge is -2.20. The molecule has 19 heavy (non-hydrogen) atoms. The molecule has 2 unspecified atom stereocenters. The van der Waals surface area contributed by atoms with Gasteiger partial charge in [0.1, 0.15) is 5.75 Å². The molecular formula is C15H22N2O2. The molecule has 4 heteroatoms. The number of nitrogens with one attached hydrogen (secondary N) is 1. The Morgan fingerprint density at radius 3 is 2.63 bits per heavy atom. The number of phenolic OH excluding ortho intramolecular Hbond substituents is 1. The molecular weight excluding hydrogens is 240 g/mol. The fourth-order valence-electron chi connectivity index (χ4n) is 2.60. The number of aromatic hydroxyl groups is 1. The molecule has 4 nitrogen and oxygen atoms in total. The number of rotatable bonds is 3. The predicted octanol–water partition coefficient (Wildman–Crippen LogP) is 1.92. The van der Waals surface area contributed by atoms with Crippen LogP contribution >= 0.6 is 0 Å². The standard InChI is InChI=1S/C15H22N2O2/c16-14-5-3-1-2-4-13(14)15(19)17-10-11-6-8-12(18)9-7-11/h6-9,13-14,18H,1-5,10,16H2,(H,17,19). The molecule has 1 aromatic rings. The van der Waals surface area contributed by atoms with Crippen molar-refractivity contribution in [1.29, 1.82) is 0 Å². The Labute approximate surface area is 114 Å². The normalized spacial score (nSPS) is 23.6. The van der Waals surface area contributed by atoms with Gasteiger partial charge in [0.15, 0.2) is 0 Å². The quantitative estimate of drug-likeness (QED) is 0.728. The first kappa shape index (κ1) is 13.9. The van der Waals surface area contributed by atoms with Crippen LogP contribution < -0.4 is 11.1 Å². The lowest BCUT2D eigenvalue weighted by atomic mass is 9.94. The number of carbonyl (C=O) groups is 1. The summed E-state index contributed by atoms with van der Waals surface area (Å²) in [5.74, 6) is 0.239. The molecule has 1 saturated carbocycles. The molecule has 104 valence electrons. The van der Waals surface area contributed by atoms with Crippen molar-refractivity contribution in [3.05, 3.63) is 29.8 Å². The first-order valence-corrected chi connectivity index (χ1v) is 6.98. The second-order valence-corrected chi connectivity index (χ2v) is 5.29. The van der Waals surface area contributed by atoms with Crippen LogP contribution in [0.4, 0.5) is 0 Å². The number of nitrogens with two attached hydrogens (primary N) is 1. The molecule has 1 amide bonds. The van der Waals surface area contributed by atoms with Crippen molar-refractivity contribution in [3.63, 3.8) is 0 Å². The van der Waals surface area contributed by atoms with E-state index in [0.717, 1.165) is 31.2 Å². The van der Waals surface area contributed by atoms with Gasteiger partial charge in [-0.3, -0.25) is 4.79 Å². The van der Waals surface area contributed by atoms with Gasteiger partial charge in [0.05, 0.1) is 5.92 Å². The Kier molecular flexibility index (Phi) is 4.80. The van der Waals surface area contributed by atoms with Gasteiger partial charge in [-0.05, 0) is 30.5 Å². The van der Waals surface area contributed by atoms with Gasteiger partial charge in [-0.1, -0.05) is 31.4 Å². The Bertz CT molecular complexity index is 417. The highest BCUT2D eigenvalue weighted by atomic mass is 16.3. The van der Waals surface area contributed by atoms with Gasteiger partial charge in [-0.2, -0.15) is 0 Å². The van der Waals surface area contributed by atoms with Crippen molar-refractivity contribution in [1.82, 2.24) is 5.32 Å². The fraction of sp³-hybridized carbons (Fsp3) is 0.533. The van der Waals surface area contributed by atoms with E-state index < -0.39 is 0 Å². The van der Waals surface area contributed by atoms with Crippen molar-refractivity contribution in [2.24, 2.45) is 11.7 Å². The monoisotopic (exact) mass is 262 g/mol. The second kappa shape index (κ2) is 6.57. The second-order valence-electron chi connectivity index (χ2n) is 5.29. The Balaban J connectivity index is 1.87. The van der Waals surface area contributed by atoms with Crippen molar-refractivity contribution in [2.45, 2.75) is 44.7 Å². The molecule has 0 heterocycles. The molecule has 2 rings (SSSR count). The molecule has 0 radical (unpaired) electrons. The van der Waals surface area contributed by atoms with E-state index >= 15 is 0 Å². The molecule has 0 aromatic heterocycles. The minimum atomic E-state index is -0.0559. The number of hydrogen-bond acceptors (Lipinski definition) is 3. The Hall–Kier alpha value is -1.55. The summed E-state index contributed by atoms with van der Waals surface area (Å²) in [6, 6.07) is 6.85. The maximum Gasteiger partial charge on any atom is 0.224 e. The predicted molar refractivity (Wildman–Crippen MR) is 74.5 cm³/mol. The van der Waals surface area contributed by atoms with Gasteiger partial charge < -0.3 is 16.2 Å². The zero-order valence-corrected chi connectivity index (χ0v) is 11.1. The van der Waals surface area contributed by atoms with Gasteiger partial charge >= 0.3 is 0 Å². The van der Waals surface area contributed by atoms with E-state index in [2.05, 4.69) is 5.32 Å². The summed E-state index contributed by atoms with van der Waals surface area (Å²) in [6.45, 7) is 0.488. The summed E-state index contributed by atoms with van der Waals surface area (Å²) in [4.78, 5) is 12.2. The molecule has 4 N–H and O–H groups in total. The number of hydrogen-bond donors (Lipinski definition) is 3. The third kappa shape index (κ3) is 3.96. The smallest absolute Gasteiger partial charge is 0.224 e. The molecule has 1 aliphatic rings. The Morgan fingerprint density at radius 1 is 1.21 bits per heavy atom. The molecule has 1 aromatic carbocycles. The average Bonchev–Trinajstić information content (AvgIpc) is 2.62. The van der Waals surface area contributed by atoms with E-state index in [0.29, 0.717) is 6.54 Å². The minimum absolute atomic E-state index is 0.0117. The van der Waals surface area contributed by atoms with E-state index in [4.69, 9.17) is 5.73 Å². The van der Waals surface area contributed by atoms with E-state index in [1.165, 1.54) is 6.42 Å². The summed E-state index contributed by atoms with van der Waals surface area (Å²) in [5.41, 5.74) is 7.05. The van der Waals surface area contributed by atoms with Crippen LogP contribution in [-0.2, 0) is 11.3 Å². The van der Waals surface area contributed by atoms with Gasteiger partial charge in [-0.25, -0.2) is 0 Å². The van der Waals surface area contributed by atoms with Gasteiger partial charge in [0, 0.05) is 12.6 Å². The largest absolute Gasteiger partial charge is 0.508 e. The summed E-state index contributed by atoms with van der Waals surface area (Å²) in [5, 5.41) is 12.1. The lowest BCUT2D eigenvalue weighted by molar-refractivity contribution is -0.126. The third-order valence-corrected chi connectivity index (χ3v) is 3.81. The van der Waals surface area contributed by atoms with Crippen LogP contribution in [0.5, 0.6) is 5.75 Å². The fourth-order valence-corrected chi connectivity index (χ4v) is 2.60. The van der Waals surface area contributed by atoms with Crippen LogP contribution in [0, 0.1) is 5.92 Å². The van der Waals surface area contributed by atoms with E-state index in [1.807, 2.05) is 12.1 Å². The van der Waals surface area contributed by atoms with Crippen molar-refractivity contribution < 1.29 is 9.90 Å². The van der Waals surface area contributed by atoms with E-state index in [1.54, 1.807) is 12.1 Å². The zero-order valence-electron chi connectivity index (χ0n) is 11.1. The number of carbonyl (C=O) groups excluding carboxylic acids is 1. The molecule has 0 saturated heterocycles. The van der Waals surface area contributed by atoms with Crippen LogP contribution in [0.2, 0.25) is 0 Å². The summed E-state index contributed by atoms with van der Waals surface area (Å²) < 4.78 is 0.